The van der Waals surface area contributed by atoms with Crippen molar-refractivity contribution >= 4 is 12.1 Å². The van der Waals surface area contributed by atoms with Crippen molar-refractivity contribution in [1.82, 2.24) is 9.80 Å². The van der Waals surface area contributed by atoms with Crippen LogP contribution in [0.4, 0.5) is 4.79 Å². The lowest BCUT2D eigenvalue weighted by molar-refractivity contribution is -0.145. The predicted octanol–water partition coefficient (Wildman–Crippen LogP) is 2.04. The Morgan fingerprint density at radius 3 is 2.32 bits per heavy atom. The van der Waals surface area contributed by atoms with Crippen molar-refractivity contribution in [3.05, 3.63) is 0 Å². The molecule has 1 saturated carbocycles. The Hall–Kier alpha value is -1.30. The van der Waals surface area contributed by atoms with Gasteiger partial charge in [0.15, 0.2) is 0 Å². The molecule has 1 saturated heterocycles. The number of rotatable bonds is 5. The fraction of sp³-hybridized carbons (Fsp3) is 0.875. The van der Waals surface area contributed by atoms with Crippen LogP contribution in [-0.2, 0) is 9.53 Å². The molecule has 1 amide bonds. The molecule has 1 aliphatic carbocycles. The Balaban J connectivity index is 1.95. The average Bonchev–Trinajstić information content (AvgIpc) is 2.95. The zero-order valence-electron chi connectivity index (χ0n) is 14.3. The van der Waals surface area contributed by atoms with E-state index in [-0.39, 0.29) is 12.5 Å². The second kappa shape index (κ2) is 5.72. The van der Waals surface area contributed by atoms with Crippen LogP contribution in [-0.4, -0.2) is 64.8 Å². The Labute approximate surface area is 132 Å². The third-order valence-corrected chi connectivity index (χ3v) is 4.70. The largest absolute Gasteiger partial charge is 0.481 e. The average molecular weight is 312 g/mol. The summed E-state index contributed by atoms with van der Waals surface area (Å²) < 4.78 is 5.35. The number of carboxylic acids is 1. The standard InChI is InChI=1S/C16H28N2O4/c1-11-6-12(11)8-17(5)16(7-13(19)20)9-18(10-16)14(21)22-15(2,3)4/h11-12H,6-10H2,1-5H3,(H,19,20). The monoisotopic (exact) mass is 312 g/mol. The van der Waals surface area contributed by atoms with Crippen LogP contribution in [0.3, 0.4) is 0 Å². The highest BCUT2D eigenvalue weighted by atomic mass is 16.6. The molecular weight excluding hydrogens is 284 g/mol. The van der Waals surface area contributed by atoms with Crippen LogP contribution in [0.25, 0.3) is 0 Å². The molecular formula is C16H28N2O4. The van der Waals surface area contributed by atoms with Crippen LogP contribution in [0.5, 0.6) is 0 Å². The van der Waals surface area contributed by atoms with Crippen molar-refractivity contribution in [3.63, 3.8) is 0 Å². The zero-order valence-corrected chi connectivity index (χ0v) is 14.3. The summed E-state index contributed by atoms with van der Waals surface area (Å²) in [6.45, 7) is 9.45. The fourth-order valence-corrected chi connectivity index (χ4v) is 3.09. The maximum atomic E-state index is 12.1. The molecule has 0 spiro atoms. The van der Waals surface area contributed by atoms with Gasteiger partial charge in [0.2, 0.25) is 0 Å². The fourth-order valence-electron chi connectivity index (χ4n) is 3.09. The van der Waals surface area contributed by atoms with E-state index < -0.39 is 17.1 Å². The first-order valence-electron chi connectivity index (χ1n) is 7.93. The normalized spacial score (nSPS) is 26.5. The van der Waals surface area contributed by atoms with Gasteiger partial charge in [0, 0.05) is 19.6 Å². The number of likely N-dealkylation sites (tertiary alicyclic amines) is 1. The lowest BCUT2D eigenvalue weighted by Crippen LogP contribution is -2.71. The summed E-state index contributed by atoms with van der Waals surface area (Å²) in [4.78, 5) is 27.0. The van der Waals surface area contributed by atoms with Gasteiger partial charge in [0.05, 0.1) is 12.0 Å². The molecule has 22 heavy (non-hydrogen) atoms. The molecule has 1 aliphatic heterocycles. The van der Waals surface area contributed by atoms with Crippen molar-refractivity contribution in [3.8, 4) is 0 Å². The molecule has 126 valence electrons. The van der Waals surface area contributed by atoms with Crippen LogP contribution < -0.4 is 0 Å². The Morgan fingerprint density at radius 2 is 1.91 bits per heavy atom. The number of amides is 1. The van der Waals surface area contributed by atoms with E-state index in [9.17, 15) is 14.7 Å². The quantitative estimate of drug-likeness (QED) is 0.841. The minimum atomic E-state index is -0.820. The van der Waals surface area contributed by atoms with Crippen molar-refractivity contribution in [2.24, 2.45) is 11.8 Å². The Kier molecular flexibility index (Phi) is 4.44. The Morgan fingerprint density at radius 1 is 1.36 bits per heavy atom. The molecule has 0 aromatic heterocycles. The van der Waals surface area contributed by atoms with Gasteiger partial charge >= 0.3 is 12.1 Å². The van der Waals surface area contributed by atoms with E-state index in [2.05, 4.69) is 11.8 Å². The van der Waals surface area contributed by atoms with Gasteiger partial charge in [-0.1, -0.05) is 6.92 Å². The molecule has 6 heteroatoms. The van der Waals surface area contributed by atoms with E-state index in [1.807, 2.05) is 27.8 Å². The minimum Gasteiger partial charge on any atom is -0.481 e. The maximum Gasteiger partial charge on any atom is 0.410 e. The van der Waals surface area contributed by atoms with E-state index in [1.165, 1.54) is 6.42 Å². The summed E-state index contributed by atoms with van der Waals surface area (Å²) in [5.74, 6) is 0.567. The van der Waals surface area contributed by atoms with Crippen LogP contribution in [0, 0.1) is 11.8 Å². The van der Waals surface area contributed by atoms with Crippen molar-refractivity contribution in [2.45, 2.75) is 51.7 Å². The maximum absolute atomic E-state index is 12.1. The lowest BCUT2D eigenvalue weighted by atomic mass is 9.84. The molecule has 2 aliphatic rings. The summed E-state index contributed by atoms with van der Waals surface area (Å²) in [6, 6.07) is 0. The molecule has 0 aromatic rings. The topological polar surface area (TPSA) is 70.1 Å². The number of likely N-dealkylation sites (N-methyl/N-ethyl adjacent to an activating group) is 1. The smallest absolute Gasteiger partial charge is 0.410 e. The second-order valence-corrected chi connectivity index (χ2v) is 7.98. The van der Waals surface area contributed by atoms with Gasteiger partial charge in [-0.05, 0) is 46.1 Å². The molecule has 1 N–H and O–H groups in total. The van der Waals surface area contributed by atoms with Crippen molar-refractivity contribution in [2.75, 3.05) is 26.7 Å². The molecule has 2 unspecified atom stereocenters. The minimum absolute atomic E-state index is 0.0594. The van der Waals surface area contributed by atoms with Gasteiger partial charge < -0.3 is 14.7 Å². The van der Waals surface area contributed by atoms with E-state index in [1.54, 1.807) is 4.90 Å². The van der Waals surface area contributed by atoms with Crippen LogP contribution in [0.15, 0.2) is 0 Å². The predicted molar refractivity (Wildman–Crippen MR) is 82.7 cm³/mol. The molecule has 2 atom stereocenters. The van der Waals surface area contributed by atoms with Gasteiger partial charge in [-0.25, -0.2) is 4.79 Å². The van der Waals surface area contributed by atoms with Crippen LogP contribution >= 0.6 is 0 Å². The number of carbonyl (C=O) groups is 2. The van der Waals surface area contributed by atoms with Gasteiger partial charge in [-0.3, -0.25) is 9.69 Å². The van der Waals surface area contributed by atoms with Gasteiger partial charge in [-0.15, -0.1) is 0 Å². The van der Waals surface area contributed by atoms with Gasteiger partial charge in [0.1, 0.15) is 5.60 Å². The van der Waals surface area contributed by atoms with Crippen molar-refractivity contribution in [1.29, 1.82) is 0 Å². The number of hydrogen-bond acceptors (Lipinski definition) is 4. The molecule has 0 radical (unpaired) electrons. The number of hydrogen-bond donors (Lipinski definition) is 1. The number of ether oxygens (including phenoxy) is 1. The summed E-state index contributed by atoms with van der Waals surface area (Å²) in [5, 5.41) is 9.21. The molecule has 2 rings (SSSR count). The first kappa shape index (κ1) is 17.1. The summed E-state index contributed by atoms with van der Waals surface area (Å²) in [6.07, 6.45) is 0.911. The van der Waals surface area contributed by atoms with Crippen LogP contribution in [0.2, 0.25) is 0 Å². The van der Waals surface area contributed by atoms with E-state index in [0.29, 0.717) is 19.0 Å². The van der Waals surface area contributed by atoms with E-state index >= 15 is 0 Å². The first-order valence-corrected chi connectivity index (χ1v) is 7.93. The number of aliphatic carboxylic acids is 1. The highest BCUT2D eigenvalue weighted by molar-refractivity contribution is 5.73. The SMILES string of the molecule is CC1CC1CN(C)C1(CC(=O)O)CN(C(=O)OC(C)(C)C)C1. The first-order chi connectivity index (χ1) is 10.0. The zero-order chi connectivity index (χ0) is 16.7. The van der Waals surface area contributed by atoms with Crippen molar-refractivity contribution < 1.29 is 19.4 Å². The highest BCUT2D eigenvalue weighted by Crippen LogP contribution is 2.41. The van der Waals surface area contributed by atoms with E-state index in [4.69, 9.17) is 4.74 Å². The Bertz CT molecular complexity index is 452. The molecule has 1 heterocycles. The molecule has 0 aromatic carbocycles. The molecule has 0 bridgehead atoms. The lowest BCUT2D eigenvalue weighted by Gasteiger charge is -2.54. The summed E-state index contributed by atoms with van der Waals surface area (Å²) in [5.41, 5.74) is -0.984. The highest BCUT2D eigenvalue weighted by Gasteiger charge is 2.51. The van der Waals surface area contributed by atoms with Gasteiger partial charge in [-0.2, -0.15) is 0 Å². The molecule has 6 nitrogen and oxygen atoms in total. The van der Waals surface area contributed by atoms with Crippen LogP contribution in [0.1, 0.15) is 40.5 Å². The summed E-state index contributed by atoms with van der Waals surface area (Å²) in [7, 11) is 1.97. The van der Waals surface area contributed by atoms with E-state index in [0.717, 1.165) is 12.5 Å². The molecule has 2 fully saturated rings. The third-order valence-electron chi connectivity index (χ3n) is 4.70. The number of carboxylic acid groups (broad SMARTS) is 1. The summed E-state index contributed by atoms with van der Waals surface area (Å²) >= 11 is 0. The number of carbonyl (C=O) groups excluding carboxylic acids is 1. The van der Waals surface area contributed by atoms with Gasteiger partial charge in [0.25, 0.3) is 0 Å². The second-order valence-electron chi connectivity index (χ2n) is 7.98. The number of nitrogens with zero attached hydrogens (tertiary/aromatic N) is 2. The third kappa shape index (κ3) is 3.91.